The number of carbonyl (C=O) groups is 4. The number of amides is 2. The van der Waals surface area contributed by atoms with Crippen LogP contribution in [0, 0.1) is 11.6 Å². The Bertz CT molecular complexity index is 946. The first-order valence-corrected chi connectivity index (χ1v) is 10.9. The van der Waals surface area contributed by atoms with E-state index in [1.807, 2.05) is 0 Å². The van der Waals surface area contributed by atoms with Crippen LogP contribution in [0.3, 0.4) is 0 Å². The van der Waals surface area contributed by atoms with E-state index in [4.69, 9.17) is 21.7 Å². The summed E-state index contributed by atoms with van der Waals surface area (Å²) in [6, 6.07) is 7.15. The summed E-state index contributed by atoms with van der Waals surface area (Å²) in [4.78, 5) is 44.7. The summed E-state index contributed by atoms with van der Waals surface area (Å²) in [5.74, 6) is -4.19. The first kappa shape index (κ1) is 30.1. The van der Waals surface area contributed by atoms with Gasteiger partial charge in [0.1, 0.15) is 23.7 Å². The molecule has 0 bridgehead atoms. The fourth-order valence-corrected chi connectivity index (χ4v) is 2.72. The molecule has 0 aliphatic carbocycles. The Morgan fingerprint density at radius 2 is 0.972 bits per heavy atom. The predicted octanol–water partition coefficient (Wildman–Crippen LogP) is 0.570. The van der Waals surface area contributed by atoms with Crippen molar-refractivity contribution >= 4 is 23.8 Å². The fraction of sp³-hybridized carbons (Fsp3) is 0.333. The van der Waals surface area contributed by atoms with E-state index in [1.54, 1.807) is 0 Å². The van der Waals surface area contributed by atoms with Crippen molar-refractivity contribution in [2.24, 2.45) is 11.5 Å². The highest BCUT2D eigenvalue weighted by Gasteiger charge is 2.22. The van der Waals surface area contributed by atoms with E-state index in [1.165, 1.54) is 62.4 Å². The SMILES string of the molecule is C[C@H](N)C(=O)N[C@@H](Cc1ccc(F)cc1)C(=O)O.C[C@H](N)C(=O)N[C@H](Cc1ccc(F)cc1)C(=O)O. The average Bonchev–Trinajstić information content (AvgIpc) is 2.80. The van der Waals surface area contributed by atoms with Crippen LogP contribution < -0.4 is 22.1 Å². The van der Waals surface area contributed by atoms with E-state index < -0.39 is 59.6 Å². The molecular formula is C24H30F2N4O6. The van der Waals surface area contributed by atoms with Gasteiger partial charge in [-0.25, -0.2) is 18.4 Å². The van der Waals surface area contributed by atoms with Crippen molar-refractivity contribution in [3.8, 4) is 0 Å². The van der Waals surface area contributed by atoms with Crippen LogP contribution in [0.2, 0.25) is 0 Å². The smallest absolute Gasteiger partial charge is 0.326 e. The number of carboxylic acid groups (broad SMARTS) is 2. The molecule has 0 saturated heterocycles. The van der Waals surface area contributed by atoms with Gasteiger partial charge in [-0.1, -0.05) is 24.3 Å². The summed E-state index contributed by atoms with van der Waals surface area (Å²) in [6.07, 6.45) is 0.155. The molecule has 0 radical (unpaired) electrons. The minimum Gasteiger partial charge on any atom is -0.480 e. The van der Waals surface area contributed by atoms with Crippen LogP contribution in [0.5, 0.6) is 0 Å². The topological polar surface area (TPSA) is 185 Å². The number of rotatable bonds is 10. The minimum absolute atomic E-state index is 0.0775. The van der Waals surface area contributed by atoms with Crippen molar-refractivity contribution in [3.63, 3.8) is 0 Å². The number of benzene rings is 2. The molecule has 2 rings (SSSR count). The van der Waals surface area contributed by atoms with E-state index in [0.717, 1.165) is 0 Å². The lowest BCUT2D eigenvalue weighted by atomic mass is 10.1. The van der Waals surface area contributed by atoms with Gasteiger partial charge in [0, 0.05) is 12.8 Å². The highest BCUT2D eigenvalue weighted by molar-refractivity contribution is 5.87. The zero-order valence-corrected chi connectivity index (χ0v) is 19.8. The molecule has 0 fully saturated rings. The van der Waals surface area contributed by atoms with Gasteiger partial charge in [-0.05, 0) is 49.2 Å². The maximum Gasteiger partial charge on any atom is 0.326 e. The van der Waals surface area contributed by atoms with Gasteiger partial charge in [-0.3, -0.25) is 9.59 Å². The summed E-state index contributed by atoms with van der Waals surface area (Å²) < 4.78 is 25.4. The van der Waals surface area contributed by atoms with Crippen LogP contribution in [0.25, 0.3) is 0 Å². The van der Waals surface area contributed by atoms with Crippen molar-refractivity contribution in [1.29, 1.82) is 0 Å². The van der Waals surface area contributed by atoms with E-state index in [2.05, 4.69) is 10.6 Å². The maximum absolute atomic E-state index is 12.7. The molecule has 4 atom stereocenters. The van der Waals surface area contributed by atoms with Gasteiger partial charge < -0.3 is 32.3 Å². The van der Waals surface area contributed by atoms with Crippen LogP contribution in [-0.2, 0) is 32.0 Å². The maximum atomic E-state index is 12.7. The van der Waals surface area contributed by atoms with Gasteiger partial charge in [0.15, 0.2) is 0 Å². The minimum atomic E-state index is -1.16. The van der Waals surface area contributed by atoms with E-state index in [-0.39, 0.29) is 12.8 Å². The van der Waals surface area contributed by atoms with Gasteiger partial charge in [0.25, 0.3) is 0 Å². The molecule has 10 nitrogen and oxygen atoms in total. The Morgan fingerprint density at radius 3 is 1.19 bits per heavy atom. The number of carbonyl (C=O) groups excluding carboxylic acids is 2. The second-order valence-corrected chi connectivity index (χ2v) is 8.04. The predicted molar refractivity (Wildman–Crippen MR) is 127 cm³/mol. The first-order chi connectivity index (χ1) is 16.8. The second kappa shape index (κ2) is 14.5. The molecule has 0 aromatic heterocycles. The Morgan fingerprint density at radius 1 is 0.694 bits per heavy atom. The molecule has 36 heavy (non-hydrogen) atoms. The Balaban J connectivity index is 0.000000360. The number of carboxylic acids is 2. The molecule has 0 heterocycles. The number of nitrogens with one attached hydrogen (secondary N) is 2. The molecular weight excluding hydrogens is 478 g/mol. The third kappa shape index (κ3) is 11.0. The van der Waals surface area contributed by atoms with Crippen LogP contribution in [0.4, 0.5) is 8.78 Å². The van der Waals surface area contributed by atoms with E-state index in [9.17, 15) is 28.0 Å². The number of aliphatic carboxylic acids is 2. The molecule has 0 spiro atoms. The van der Waals surface area contributed by atoms with Crippen molar-refractivity contribution in [2.45, 2.75) is 50.9 Å². The molecule has 196 valence electrons. The normalized spacial score (nSPS) is 13.7. The summed E-state index contributed by atoms with van der Waals surface area (Å²) in [7, 11) is 0. The van der Waals surface area contributed by atoms with Crippen molar-refractivity contribution in [1.82, 2.24) is 10.6 Å². The van der Waals surface area contributed by atoms with Gasteiger partial charge >= 0.3 is 11.9 Å². The van der Waals surface area contributed by atoms with Crippen LogP contribution in [0.1, 0.15) is 25.0 Å². The van der Waals surface area contributed by atoms with Crippen LogP contribution in [-0.4, -0.2) is 58.1 Å². The molecule has 2 amide bonds. The van der Waals surface area contributed by atoms with Gasteiger partial charge in [-0.15, -0.1) is 0 Å². The van der Waals surface area contributed by atoms with Crippen molar-refractivity contribution in [3.05, 3.63) is 71.3 Å². The lowest BCUT2D eigenvalue weighted by Gasteiger charge is -2.16. The zero-order valence-electron chi connectivity index (χ0n) is 19.8. The number of nitrogens with two attached hydrogens (primary N) is 2. The lowest BCUT2D eigenvalue weighted by molar-refractivity contribution is -0.142. The summed E-state index contributed by atoms with van der Waals surface area (Å²) in [5.41, 5.74) is 11.9. The van der Waals surface area contributed by atoms with Gasteiger partial charge in [0.05, 0.1) is 12.1 Å². The highest BCUT2D eigenvalue weighted by atomic mass is 19.1. The summed E-state index contributed by atoms with van der Waals surface area (Å²) in [6.45, 7) is 2.93. The summed E-state index contributed by atoms with van der Waals surface area (Å²) >= 11 is 0. The van der Waals surface area contributed by atoms with Crippen LogP contribution >= 0.6 is 0 Å². The largest absolute Gasteiger partial charge is 0.480 e. The lowest BCUT2D eigenvalue weighted by Crippen LogP contribution is -2.48. The van der Waals surface area contributed by atoms with E-state index in [0.29, 0.717) is 11.1 Å². The first-order valence-electron chi connectivity index (χ1n) is 10.9. The molecule has 0 aliphatic heterocycles. The Hall–Kier alpha value is -3.90. The van der Waals surface area contributed by atoms with Gasteiger partial charge in [-0.2, -0.15) is 0 Å². The third-order valence-electron chi connectivity index (χ3n) is 4.76. The molecule has 0 aliphatic rings. The molecule has 2 aromatic rings. The van der Waals surface area contributed by atoms with Crippen molar-refractivity contribution in [2.75, 3.05) is 0 Å². The third-order valence-corrected chi connectivity index (χ3v) is 4.76. The fourth-order valence-electron chi connectivity index (χ4n) is 2.72. The zero-order chi connectivity index (χ0) is 27.4. The Kier molecular flexibility index (Phi) is 12.1. The summed E-state index contributed by atoms with van der Waals surface area (Å²) in [5, 5.41) is 22.6. The molecule has 2 aromatic carbocycles. The molecule has 12 heteroatoms. The molecule has 0 saturated carbocycles. The number of halogens is 2. The quantitative estimate of drug-likeness (QED) is 0.269. The number of hydrogen-bond acceptors (Lipinski definition) is 6. The standard InChI is InChI=1S/2C12H15FN2O3/c2*1-7(14)11(16)15-10(12(17)18)6-8-2-4-9(13)5-3-8/h2*2-5,7,10H,6,14H2,1H3,(H,15,16)(H,17,18)/t7-,10+;7-,10-/m00/s1. The number of hydrogen-bond donors (Lipinski definition) is 6. The van der Waals surface area contributed by atoms with Gasteiger partial charge in [0.2, 0.25) is 11.8 Å². The average molecular weight is 509 g/mol. The second-order valence-electron chi connectivity index (χ2n) is 8.04. The van der Waals surface area contributed by atoms with E-state index >= 15 is 0 Å². The van der Waals surface area contributed by atoms with Crippen molar-refractivity contribution < 1.29 is 38.2 Å². The Labute approximate surface area is 206 Å². The van der Waals surface area contributed by atoms with Crippen LogP contribution in [0.15, 0.2) is 48.5 Å². The highest BCUT2D eigenvalue weighted by Crippen LogP contribution is 2.07. The monoisotopic (exact) mass is 508 g/mol. The molecule has 0 unspecified atom stereocenters. The molecule has 8 N–H and O–H groups in total.